The molecule has 0 aliphatic heterocycles. The molecule has 0 radical (unpaired) electrons. The zero-order valence-electron chi connectivity index (χ0n) is 9.76. The van der Waals surface area contributed by atoms with Crippen LogP contribution in [0.15, 0.2) is 58.3 Å². The van der Waals surface area contributed by atoms with Crippen LogP contribution in [-0.2, 0) is 0 Å². The molecule has 0 fully saturated rings. The summed E-state index contributed by atoms with van der Waals surface area (Å²) in [6, 6.07) is 16.3. The van der Waals surface area contributed by atoms with Gasteiger partial charge in [0.2, 0.25) is 0 Å². The highest BCUT2D eigenvalue weighted by atomic mass is 32.2. The predicted octanol–water partition coefficient (Wildman–Crippen LogP) is 3.44. The third-order valence-corrected chi connectivity index (χ3v) is 3.50. The van der Waals surface area contributed by atoms with Crippen molar-refractivity contribution in [3.05, 3.63) is 54.1 Å². The smallest absolute Gasteiger partial charge is 0.0325 e. The lowest BCUT2D eigenvalue weighted by Crippen LogP contribution is -2.04. The van der Waals surface area contributed by atoms with Gasteiger partial charge in [-0.25, -0.2) is 0 Å². The van der Waals surface area contributed by atoms with Crippen LogP contribution in [0.3, 0.4) is 0 Å². The van der Waals surface area contributed by atoms with Crippen molar-refractivity contribution in [1.29, 1.82) is 0 Å². The van der Waals surface area contributed by atoms with Crippen molar-refractivity contribution in [2.45, 2.75) is 22.8 Å². The van der Waals surface area contributed by atoms with E-state index >= 15 is 0 Å². The van der Waals surface area contributed by atoms with Crippen molar-refractivity contribution < 1.29 is 0 Å². The molecule has 0 bridgehead atoms. The van der Waals surface area contributed by atoms with E-state index in [0.717, 1.165) is 16.1 Å². The van der Waals surface area contributed by atoms with Crippen LogP contribution in [0, 0.1) is 0 Å². The molecule has 17 heavy (non-hydrogen) atoms. The van der Waals surface area contributed by atoms with Gasteiger partial charge in [0.1, 0.15) is 0 Å². The van der Waals surface area contributed by atoms with Crippen LogP contribution < -0.4 is 11.5 Å². The van der Waals surface area contributed by atoms with Crippen LogP contribution in [0.4, 0.5) is 5.69 Å². The van der Waals surface area contributed by atoms with E-state index in [-0.39, 0.29) is 6.04 Å². The Bertz CT molecular complexity index is 492. The van der Waals surface area contributed by atoms with Crippen molar-refractivity contribution in [2.24, 2.45) is 5.73 Å². The van der Waals surface area contributed by atoms with E-state index in [9.17, 15) is 0 Å². The fourth-order valence-electron chi connectivity index (χ4n) is 1.55. The fraction of sp³-hybridized carbons (Fsp3) is 0.143. The minimum Gasteiger partial charge on any atom is -0.399 e. The quantitative estimate of drug-likeness (QED) is 0.813. The average Bonchev–Trinajstić information content (AvgIpc) is 2.29. The molecular formula is C14H16N2S. The van der Waals surface area contributed by atoms with Crippen molar-refractivity contribution >= 4 is 17.4 Å². The monoisotopic (exact) mass is 244 g/mol. The molecule has 2 rings (SSSR count). The SMILES string of the molecule is CC(N)c1ccc(Sc2cccc(N)c2)cc1. The standard InChI is InChI=1S/C14H16N2S/c1-10(15)11-5-7-13(8-6-11)17-14-4-2-3-12(16)9-14/h2-10H,15-16H2,1H3. The zero-order chi connectivity index (χ0) is 12.3. The van der Waals surface area contributed by atoms with Crippen LogP contribution >= 0.6 is 11.8 Å². The molecular weight excluding hydrogens is 228 g/mol. The summed E-state index contributed by atoms with van der Waals surface area (Å²) >= 11 is 1.70. The lowest BCUT2D eigenvalue weighted by molar-refractivity contribution is 0.817. The number of hydrogen-bond acceptors (Lipinski definition) is 3. The maximum Gasteiger partial charge on any atom is 0.0325 e. The molecule has 0 aliphatic rings. The number of rotatable bonds is 3. The van der Waals surface area contributed by atoms with Gasteiger partial charge in [0, 0.05) is 21.5 Å². The number of nitrogen functional groups attached to an aromatic ring is 1. The summed E-state index contributed by atoms with van der Waals surface area (Å²) in [6.45, 7) is 1.99. The Kier molecular flexibility index (Phi) is 3.71. The molecule has 2 nitrogen and oxygen atoms in total. The van der Waals surface area contributed by atoms with Crippen molar-refractivity contribution in [3.63, 3.8) is 0 Å². The number of benzene rings is 2. The fourth-order valence-corrected chi connectivity index (χ4v) is 2.44. The maximum absolute atomic E-state index is 5.81. The lowest BCUT2D eigenvalue weighted by atomic mass is 10.1. The van der Waals surface area contributed by atoms with E-state index in [4.69, 9.17) is 11.5 Å². The van der Waals surface area contributed by atoms with Crippen molar-refractivity contribution in [1.82, 2.24) is 0 Å². The second-order valence-electron chi connectivity index (χ2n) is 4.03. The second kappa shape index (κ2) is 5.25. The van der Waals surface area contributed by atoms with Crippen LogP contribution in [0.2, 0.25) is 0 Å². The first-order chi connectivity index (χ1) is 8.15. The van der Waals surface area contributed by atoms with Crippen LogP contribution in [0.25, 0.3) is 0 Å². The average molecular weight is 244 g/mol. The lowest BCUT2D eigenvalue weighted by Gasteiger charge is -2.07. The van der Waals surface area contributed by atoms with Gasteiger partial charge in [-0.2, -0.15) is 0 Å². The molecule has 0 heterocycles. The van der Waals surface area contributed by atoms with Gasteiger partial charge in [-0.15, -0.1) is 0 Å². The minimum atomic E-state index is 0.0846. The Hall–Kier alpha value is -1.45. The molecule has 2 aromatic carbocycles. The van der Waals surface area contributed by atoms with E-state index in [1.54, 1.807) is 11.8 Å². The maximum atomic E-state index is 5.81. The molecule has 0 aromatic heterocycles. The third-order valence-electron chi connectivity index (χ3n) is 2.50. The van der Waals surface area contributed by atoms with Crippen LogP contribution in [0.1, 0.15) is 18.5 Å². The van der Waals surface area contributed by atoms with Gasteiger partial charge in [0.15, 0.2) is 0 Å². The third kappa shape index (κ3) is 3.25. The Morgan fingerprint density at radius 3 is 2.29 bits per heavy atom. The van der Waals surface area contributed by atoms with E-state index in [0.29, 0.717) is 0 Å². The van der Waals surface area contributed by atoms with E-state index < -0.39 is 0 Å². The Morgan fingerprint density at radius 2 is 1.71 bits per heavy atom. The van der Waals surface area contributed by atoms with Gasteiger partial charge in [-0.1, -0.05) is 30.0 Å². The highest BCUT2D eigenvalue weighted by molar-refractivity contribution is 7.99. The molecule has 0 aliphatic carbocycles. The number of anilines is 1. The summed E-state index contributed by atoms with van der Waals surface area (Å²) in [5.41, 5.74) is 13.5. The highest BCUT2D eigenvalue weighted by Crippen LogP contribution is 2.29. The van der Waals surface area contributed by atoms with Gasteiger partial charge in [-0.3, -0.25) is 0 Å². The number of nitrogens with two attached hydrogens (primary N) is 2. The summed E-state index contributed by atoms with van der Waals surface area (Å²) in [5, 5.41) is 0. The Morgan fingerprint density at radius 1 is 1.00 bits per heavy atom. The van der Waals surface area contributed by atoms with Crippen LogP contribution in [-0.4, -0.2) is 0 Å². The number of hydrogen-bond donors (Lipinski definition) is 2. The molecule has 88 valence electrons. The summed E-state index contributed by atoms with van der Waals surface area (Å²) in [6.07, 6.45) is 0. The van der Waals surface area contributed by atoms with E-state index in [1.165, 1.54) is 4.90 Å². The van der Waals surface area contributed by atoms with Crippen molar-refractivity contribution in [3.8, 4) is 0 Å². The topological polar surface area (TPSA) is 52.0 Å². The van der Waals surface area contributed by atoms with Gasteiger partial charge in [0.05, 0.1) is 0 Å². The van der Waals surface area contributed by atoms with E-state index in [2.05, 4.69) is 30.3 Å². The second-order valence-corrected chi connectivity index (χ2v) is 5.18. The molecule has 0 spiro atoms. The Labute approximate surface area is 106 Å². The zero-order valence-corrected chi connectivity index (χ0v) is 10.6. The minimum absolute atomic E-state index is 0.0846. The van der Waals surface area contributed by atoms with Gasteiger partial charge in [-0.05, 0) is 42.8 Å². The first-order valence-corrected chi connectivity index (χ1v) is 6.36. The highest BCUT2D eigenvalue weighted by Gasteiger charge is 2.01. The van der Waals surface area contributed by atoms with E-state index in [1.807, 2.05) is 25.1 Å². The molecule has 1 atom stereocenters. The molecule has 2 aromatic rings. The van der Waals surface area contributed by atoms with Gasteiger partial charge in [0.25, 0.3) is 0 Å². The summed E-state index contributed by atoms with van der Waals surface area (Å²) in [4.78, 5) is 2.35. The molecule has 1 unspecified atom stereocenters. The first kappa shape index (κ1) is 12.0. The molecule has 0 amide bonds. The normalized spacial score (nSPS) is 12.4. The van der Waals surface area contributed by atoms with Crippen LogP contribution in [0.5, 0.6) is 0 Å². The molecule has 4 N–H and O–H groups in total. The van der Waals surface area contributed by atoms with Crippen molar-refractivity contribution in [2.75, 3.05) is 5.73 Å². The molecule has 0 saturated carbocycles. The van der Waals surface area contributed by atoms with Gasteiger partial charge >= 0.3 is 0 Å². The Balaban J connectivity index is 2.14. The molecule has 3 heteroatoms. The summed E-state index contributed by atoms with van der Waals surface area (Å²) < 4.78 is 0. The molecule has 0 saturated heterocycles. The predicted molar refractivity (Wildman–Crippen MR) is 74.0 cm³/mol. The first-order valence-electron chi connectivity index (χ1n) is 5.54. The summed E-state index contributed by atoms with van der Waals surface area (Å²) in [5.74, 6) is 0. The van der Waals surface area contributed by atoms with Gasteiger partial charge < -0.3 is 11.5 Å². The summed E-state index contributed by atoms with van der Waals surface area (Å²) in [7, 11) is 0. The largest absolute Gasteiger partial charge is 0.399 e.